The molecular weight excluding hydrogens is 470 g/mol. The van der Waals surface area contributed by atoms with Crippen LogP contribution >= 0.6 is 0 Å². The number of rotatable bonds is 6. The fourth-order valence-corrected chi connectivity index (χ4v) is 3.91. The van der Waals surface area contributed by atoms with Crippen LogP contribution in [0.5, 0.6) is 5.88 Å². The fourth-order valence-electron chi connectivity index (χ4n) is 3.91. The monoisotopic (exact) mass is 493 g/mol. The zero-order valence-corrected chi connectivity index (χ0v) is 19.4. The highest BCUT2D eigenvalue weighted by molar-refractivity contribution is 6.04. The van der Waals surface area contributed by atoms with E-state index in [0.717, 1.165) is 0 Å². The molecule has 36 heavy (non-hydrogen) atoms. The number of aliphatic hydroxyl groups is 1. The Morgan fingerprint density at radius 3 is 2.94 bits per heavy atom. The molecule has 3 atom stereocenters. The fraction of sp³-hybridized carbons (Fsp3) is 0.261. The van der Waals surface area contributed by atoms with E-state index < -0.39 is 30.1 Å². The third-order valence-electron chi connectivity index (χ3n) is 5.69. The molecule has 1 aliphatic rings. The molecule has 4 N–H and O–H groups in total. The van der Waals surface area contributed by atoms with Gasteiger partial charge in [0.2, 0.25) is 5.88 Å². The number of methoxy groups -OCH3 is 1. The number of nitrogens with zero attached hydrogens (tertiary/aromatic N) is 5. The molecule has 0 spiro atoms. The van der Waals surface area contributed by atoms with Crippen molar-refractivity contribution >= 4 is 40.1 Å². The largest absolute Gasteiger partial charge is 0.481 e. The first-order valence-electron chi connectivity index (χ1n) is 11.0. The van der Waals surface area contributed by atoms with Crippen molar-refractivity contribution in [2.24, 2.45) is 0 Å². The topological polar surface area (TPSA) is 171 Å². The van der Waals surface area contributed by atoms with Crippen molar-refractivity contribution in [3.8, 4) is 11.6 Å². The Bertz CT molecular complexity index is 1430. The molecule has 0 aliphatic carbocycles. The number of hydrogen-bond acceptors (Lipinski definition) is 10. The molecule has 0 unspecified atom stereocenters. The Kier molecular flexibility index (Phi) is 6.00. The molecule has 186 valence electrons. The van der Waals surface area contributed by atoms with Crippen LogP contribution in [0.1, 0.15) is 6.92 Å². The number of nitrogen functional groups attached to an aromatic ring is 1. The number of nitrogens with one attached hydrogen (secondary N) is 1. The second kappa shape index (κ2) is 9.28. The summed E-state index contributed by atoms with van der Waals surface area (Å²) in [5.74, 6) is -0.420. The number of fused-ring (bicyclic) bond motifs is 1. The van der Waals surface area contributed by atoms with Crippen molar-refractivity contribution in [2.75, 3.05) is 29.6 Å². The highest BCUT2D eigenvalue weighted by Gasteiger charge is 2.42. The first-order valence-corrected chi connectivity index (χ1v) is 11.0. The molecule has 4 heterocycles. The lowest BCUT2D eigenvalue weighted by Crippen LogP contribution is -2.58. The van der Waals surface area contributed by atoms with Crippen LogP contribution in [-0.2, 0) is 14.3 Å². The van der Waals surface area contributed by atoms with Crippen LogP contribution in [0.4, 0.5) is 17.3 Å². The van der Waals surface area contributed by atoms with Gasteiger partial charge in [0.05, 0.1) is 30.8 Å². The van der Waals surface area contributed by atoms with Crippen molar-refractivity contribution in [2.45, 2.75) is 25.2 Å². The van der Waals surface area contributed by atoms with E-state index in [1.54, 1.807) is 54.3 Å². The van der Waals surface area contributed by atoms with Crippen LogP contribution in [0.25, 0.3) is 16.7 Å². The van der Waals surface area contributed by atoms with E-state index in [1.807, 2.05) is 0 Å². The van der Waals surface area contributed by atoms with Gasteiger partial charge in [-0.05, 0) is 25.1 Å². The number of ether oxygens (including phenoxy) is 2. The van der Waals surface area contributed by atoms with Gasteiger partial charge in [-0.25, -0.2) is 9.67 Å². The number of benzene rings is 1. The Hall–Kier alpha value is -4.49. The van der Waals surface area contributed by atoms with E-state index >= 15 is 0 Å². The van der Waals surface area contributed by atoms with E-state index in [-0.39, 0.29) is 12.4 Å². The zero-order chi connectivity index (χ0) is 25.4. The number of hydrogen-bond donors (Lipinski definition) is 3. The van der Waals surface area contributed by atoms with Crippen LogP contribution in [0.2, 0.25) is 0 Å². The van der Waals surface area contributed by atoms with Gasteiger partial charge in [0.1, 0.15) is 0 Å². The summed E-state index contributed by atoms with van der Waals surface area (Å²) in [6.45, 7) is 1.94. The van der Waals surface area contributed by atoms with E-state index in [9.17, 15) is 14.7 Å². The van der Waals surface area contributed by atoms with Gasteiger partial charge in [0, 0.05) is 36.3 Å². The van der Waals surface area contributed by atoms with Gasteiger partial charge in [-0.15, -0.1) is 5.10 Å². The molecule has 3 aromatic heterocycles. The summed E-state index contributed by atoms with van der Waals surface area (Å²) in [6.07, 6.45) is -0.399. The van der Waals surface area contributed by atoms with Crippen LogP contribution < -0.4 is 20.7 Å². The predicted molar refractivity (Wildman–Crippen MR) is 128 cm³/mol. The molecule has 2 amide bonds. The molecule has 13 nitrogen and oxygen atoms in total. The summed E-state index contributed by atoms with van der Waals surface area (Å²) in [4.78, 5) is 31.5. The Balaban J connectivity index is 1.32. The van der Waals surface area contributed by atoms with Crippen molar-refractivity contribution < 1.29 is 28.7 Å². The van der Waals surface area contributed by atoms with Gasteiger partial charge in [0.25, 0.3) is 11.8 Å². The van der Waals surface area contributed by atoms with Gasteiger partial charge in [-0.1, -0.05) is 5.16 Å². The molecule has 0 radical (unpaired) electrons. The molecule has 0 bridgehead atoms. The minimum atomic E-state index is -1.77. The highest BCUT2D eigenvalue weighted by Crippen LogP contribution is 2.26. The SMILES string of the molecule is COc1cc(-n2ccc(N3C[C@H](C)O[C@H]([C@@H](O)C(=O)Nc4ccc5c(N)noc5c4)C3=O)n2)ccn1. The normalized spacial score (nSPS) is 18.9. The minimum absolute atomic E-state index is 0.198. The van der Waals surface area contributed by atoms with Gasteiger partial charge >= 0.3 is 0 Å². The molecule has 1 aromatic carbocycles. The number of carbonyl (C=O) groups is 2. The third-order valence-corrected chi connectivity index (χ3v) is 5.69. The molecule has 0 saturated carbocycles. The van der Waals surface area contributed by atoms with Gasteiger partial charge in [0.15, 0.2) is 29.4 Å². The van der Waals surface area contributed by atoms with Crippen LogP contribution in [-0.4, -0.2) is 68.8 Å². The smallest absolute Gasteiger partial charge is 0.260 e. The zero-order valence-electron chi connectivity index (χ0n) is 19.4. The van der Waals surface area contributed by atoms with Gasteiger partial charge in [-0.3, -0.25) is 14.5 Å². The maximum atomic E-state index is 13.2. The third kappa shape index (κ3) is 4.32. The molecule has 1 fully saturated rings. The summed E-state index contributed by atoms with van der Waals surface area (Å²) >= 11 is 0. The quantitative estimate of drug-likeness (QED) is 0.353. The second-order valence-corrected chi connectivity index (χ2v) is 8.20. The molecule has 5 rings (SSSR count). The number of aromatic nitrogens is 4. The Morgan fingerprint density at radius 2 is 2.14 bits per heavy atom. The summed E-state index contributed by atoms with van der Waals surface area (Å²) in [5, 5.41) is 22.0. The first-order chi connectivity index (χ1) is 17.3. The van der Waals surface area contributed by atoms with Crippen molar-refractivity contribution in [3.63, 3.8) is 0 Å². The maximum absolute atomic E-state index is 13.2. The van der Waals surface area contributed by atoms with Gasteiger partial charge < -0.3 is 30.2 Å². The minimum Gasteiger partial charge on any atom is -0.481 e. The lowest BCUT2D eigenvalue weighted by molar-refractivity contribution is -0.156. The lowest BCUT2D eigenvalue weighted by atomic mass is 10.1. The van der Waals surface area contributed by atoms with E-state index in [2.05, 4.69) is 20.6 Å². The molecule has 1 aliphatic heterocycles. The van der Waals surface area contributed by atoms with Crippen LogP contribution in [0.3, 0.4) is 0 Å². The van der Waals surface area contributed by atoms with Crippen molar-refractivity contribution in [3.05, 3.63) is 48.8 Å². The number of carbonyl (C=O) groups excluding carboxylic acids is 2. The van der Waals surface area contributed by atoms with Crippen molar-refractivity contribution in [1.82, 2.24) is 19.9 Å². The van der Waals surface area contributed by atoms with E-state index in [1.165, 1.54) is 18.1 Å². The number of nitrogens with two attached hydrogens (primary N) is 1. The number of pyridine rings is 1. The average molecular weight is 493 g/mol. The van der Waals surface area contributed by atoms with Crippen LogP contribution in [0.15, 0.2) is 53.3 Å². The Labute approximate surface area is 204 Å². The Morgan fingerprint density at radius 1 is 1.31 bits per heavy atom. The molecule has 4 aromatic rings. The number of anilines is 3. The van der Waals surface area contributed by atoms with Crippen LogP contribution in [0, 0.1) is 0 Å². The second-order valence-electron chi connectivity index (χ2n) is 8.20. The van der Waals surface area contributed by atoms with E-state index in [0.29, 0.717) is 34.0 Å². The number of amides is 2. The standard InChI is InChI=1S/C23H23N7O6/c1-12-11-29(17-6-8-30(27-17)14-5-7-25-18(10-14)34-2)23(33)20(35-12)19(31)22(32)26-13-3-4-15-16(9-13)36-28-21(15)24/h3-10,12,19-20,31H,11H2,1-2H3,(H2,24,28)(H,26,32)/t12-,19+,20+/m0/s1. The summed E-state index contributed by atoms with van der Waals surface area (Å²) in [6, 6.07) is 9.82. The molecule has 1 saturated heterocycles. The summed E-state index contributed by atoms with van der Waals surface area (Å²) in [5.41, 5.74) is 7.09. The number of aliphatic hydroxyl groups excluding tert-OH is 1. The van der Waals surface area contributed by atoms with Gasteiger partial charge in [-0.2, -0.15) is 0 Å². The lowest BCUT2D eigenvalue weighted by Gasteiger charge is -2.36. The highest BCUT2D eigenvalue weighted by atomic mass is 16.5. The molecular formula is C23H23N7O6. The number of morpholine rings is 1. The first kappa shape index (κ1) is 23.3. The van der Waals surface area contributed by atoms with E-state index in [4.69, 9.17) is 19.7 Å². The summed E-state index contributed by atoms with van der Waals surface area (Å²) < 4.78 is 17.5. The predicted octanol–water partition coefficient (Wildman–Crippen LogP) is 1.12. The average Bonchev–Trinajstić information content (AvgIpc) is 3.52. The summed E-state index contributed by atoms with van der Waals surface area (Å²) in [7, 11) is 1.51. The molecule has 13 heteroatoms. The van der Waals surface area contributed by atoms with Crippen molar-refractivity contribution in [1.29, 1.82) is 0 Å². The maximum Gasteiger partial charge on any atom is 0.260 e.